The van der Waals surface area contributed by atoms with Gasteiger partial charge in [0.15, 0.2) is 0 Å². The summed E-state index contributed by atoms with van der Waals surface area (Å²) in [6.07, 6.45) is 0. The topological polar surface area (TPSA) is 54.9 Å². The molecule has 0 aliphatic carbocycles. The number of hydrogen-bond donors (Lipinski definition) is 1. The van der Waals surface area contributed by atoms with Gasteiger partial charge < -0.3 is 5.32 Å². The highest BCUT2D eigenvalue weighted by molar-refractivity contribution is 7.11. The van der Waals surface area contributed by atoms with Gasteiger partial charge in [-0.15, -0.1) is 10.2 Å². The van der Waals surface area contributed by atoms with E-state index in [1.54, 1.807) is 0 Å². The molecule has 70 valence electrons. The van der Waals surface area contributed by atoms with Crippen molar-refractivity contribution in [3.05, 3.63) is 40.8 Å². The number of nitrogens with one attached hydrogen (secondary N) is 1. The molecule has 5 heteroatoms. The van der Waals surface area contributed by atoms with Gasteiger partial charge in [-0.1, -0.05) is 29.5 Å². The highest BCUT2D eigenvalue weighted by atomic mass is 32.1. The number of rotatable bonds is 2. The lowest BCUT2D eigenvalue weighted by Gasteiger charge is -2.00. The Kier molecular flexibility index (Phi) is 2.51. The van der Waals surface area contributed by atoms with Crippen LogP contribution in [0.15, 0.2) is 35.8 Å². The third kappa shape index (κ3) is 1.94. The molecule has 0 aliphatic heterocycles. The van der Waals surface area contributed by atoms with Crippen LogP contribution in [0.2, 0.25) is 0 Å². The number of carbonyl (C=O) groups excluding carboxylic acids is 1. The maximum Gasteiger partial charge on any atom is 0.286 e. The Bertz CT molecular complexity index is 413. The molecule has 2 aromatic rings. The third-order valence-corrected chi connectivity index (χ3v) is 2.28. The van der Waals surface area contributed by atoms with Crippen LogP contribution in [0.1, 0.15) is 9.80 Å². The fraction of sp³-hybridized carbons (Fsp3) is 0. The van der Waals surface area contributed by atoms with Crippen molar-refractivity contribution in [2.75, 3.05) is 5.32 Å². The SMILES string of the molecule is O=C(Nc1ccccc1)c1nncs1. The number of carbonyl (C=O) groups is 1. The van der Waals surface area contributed by atoms with E-state index in [1.165, 1.54) is 16.8 Å². The van der Waals surface area contributed by atoms with E-state index >= 15 is 0 Å². The molecule has 0 radical (unpaired) electrons. The first kappa shape index (κ1) is 8.83. The van der Waals surface area contributed by atoms with Crippen LogP contribution in [0.5, 0.6) is 0 Å². The monoisotopic (exact) mass is 205 g/mol. The van der Waals surface area contributed by atoms with E-state index < -0.39 is 0 Å². The standard InChI is InChI=1S/C9H7N3OS/c13-8(9-12-10-6-14-9)11-7-4-2-1-3-5-7/h1-6H,(H,11,13). The fourth-order valence-electron chi connectivity index (χ4n) is 0.978. The summed E-state index contributed by atoms with van der Waals surface area (Å²) in [6, 6.07) is 9.24. The summed E-state index contributed by atoms with van der Waals surface area (Å²) in [7, 11) is 0. The van der Waals surface area contributed by atoms with Crippen LogP contribution in [0.3, 0.4) is 0 Å². The zero-order valence-electron chi connectivity index (χ0n) is 7.18. The van der Waals surface area contributed by atoms with Gasteiger partial charge in [0.2, 0.25) is 5.01 Å². The smallest absolute Gasteiger partial charge is 0.286 e. The molecule has 1 N–H and O–H groups in total. The molecule has 0 aliphatic rings. The summed E-state index contributed by atoms with van der Waals surface area (Å²) in [4.78, 5) is 11.5. The molecule has 1 heterocycles. The summed E-state index contributed by atoms with van der Waals surface area (Å²) in [5.41, 5.74) is 2.28. The Morgan fingerprint density at radius 2 is 2.07 bits per heavy atom. The van der Waals surface area contributed by atoms with E-state index in [2.05, 4.69) is 15.5 Å². The molecule has 0 unspecified atom stereocenters. The van der Waals surface area contributed by atoms with Gasteiger partial charge in [0, 0.05) is 5.69 Å². The Morgan fingerprint density at radius 1 is 1.29 bits per heavy atom. The number of amides is 1. The van der Waals surface area contributed by atoms with Gasteiger partial charge in [0.1, 0.15) is 5.51 Å². The molecule has 0 spiro atoms. The first-order chi connectivity index (χ1) is 6.86. The van der Waals surface area contributed by atoms with Crippen molar-refractivity contribution in [2.45, 2.75) is 0 Å². The number of nitrogens with zero attached hydrogens (tertiary/aromatic N) is 2. The van der Waals surface area contributed by atoms with Crippen LogP contribution in [0, 0.1) is 0 Å². The first-order valence-corrected chi connectivity index (χ1v) is 4.87. The molecule has 0 saturated carbocycles. The minimum Gasteiger partial charge on any atom is -0.320 e. The number of hydrogen-bond acceptors (Lipinski definition) is 4. The lowest BCUT2D eigenvalue weighted by Crippen LogP contribution is -2.11. The number of aromatic nitrogens is 2. The van der Waals surface area contributed by atoms with Crippen LogP contribution in [0.4, 0.5) is 5.69 Å². The van der Waals surface area contributed by atoms with Gasteiger partial charge in [-0.3, -0.25) is 4.79 Å². The molecule has 1 aromatic heterocycles. The number of para-hydroxylation sites is 1. The molecule has 0 bridgehead atoms. The van der Waals surface area contributed by atoms with E-state index in [0.717, 1.165) is 5.69 Å². The average Bonchev–Trinajstić information content (AvgIpc) is 2.72. The molecule has 0 fully saturated rings. The maximum absolute atomic E-state index is 11.5. The molecular weight excluding hydrogens is 198 g/mol. The van der Waals surface area contributed by atoms with Gasteiger partial charge in [-0.25, -0.2) is 0 Å². The van der Waals surface area contributed by atoms with E-state index in [9.17, 15) is 4.79 Å². The van der Waals surface area contributed by atoms with Crippen LogP contribution >= 0.6 is 11.3 Å². The first-order valence-electron chi connectivity index (χ1n) is 3.99. The minimum absolute atomic E-state index is 0.223. The predicted molar refractivity (Wildman–Crippen MR) is 54.3 cm³/mol. The summed E-state index contributed by atoms with van der Waals surface area (Å²) >= 11 is 1.22. The highest BCUT2D eigenvalue weighted by Gasteiger charge is 2.08. The lowest BCUT2D eigenvalue weighted by atomic mass is 10.3. The molecule has 4 nitrogen and oxygen atoms in total. The quantitative estimate of drug-likeness (QED) is 0.813. The van der Waals surface area contributed by atoms with E-state index in [0.29, 0.717) is 5.01 Å². The van der Waals surface area contributed by atoms with Crippen molar-refractivity contribution in [3.8, 4) is 0 Å². The van der Waals surface area contributed by atoms with Crippen molar-refractivity contribution in [3.63, 3.8) is 0 Å². The second kappa shape index (κ2) is 3.97. The van der Waals surface area contributed by atoms with Crippen molar-refractivity contribution in [1.82, 2.24) is 10.2 Å². The molecule has 14 heavy (non-hydrogen) atoms. The van der Waals surface area contributed by atoms with Crippen LogP contribution < -0.4 is 5.32 Å². The summed E-state index contributed by atoms with van der Waals surface area (Å²) in [5, 5.41) is 10.3. The van der Waals surface area contributed by atoms with Gasteiger partial charge in [0.05, 0.1) is 0 Å². The minimum atomic E-state index is -0.223. The largest absolute Gasteiger partial charge is 0.320 e. The maximum atomic E-state index is 11.5. The van der Waals surface area contributed by atoms with Crippen molar-refractivity contribution >= 4 is 22.9 Å². The van der Waals surface area contributed by atoms with E-state index in [4.69, 9.17) is 0 Å². The predicted octanol–water partition coefficient (Wildman–Crippen LogP) is 1.79. The lowest BCUT2D eigenvalue weighted by molar-refractivity contribution is 0.102. The van der Waals surface area contributed by atoms with Crippen LogP contribution in [-0.4, -0.2) is 16.1 Å². The molecule has 1 amide bonds. The second-order valence-electron chi connectivity index (χ2n) is 2.56. The average molecular weight is 205 g/mol. The Morgan fingerprint density at radius 3 is 2.71 bits per heavy atom. The zero-order valence-corrected chi connectivity index (χ0v) is 7.99. The van der Waals surface area contributed by atoms with Crippen LogP contribution in [0.25, 0.3) is 0 Å². The Labute approximate surface area is 84.6 Å². The number of benzene rings is 1. The fourth-order valence-corrected chi connectivity index (χ4v) is 1.42. The molecular formula is C9H7N3OS. The van der Waals surface area contributed by atoms with Gasteiger partial charge >= 0.3 is 0 Å². The molecule has 2 rings (SSSR count). The van der Waals surface area contributed by atoms with Crippen molar-refractivity contribution in [1.29, 1.82) is 0 Å². The van der Waals surface area contributed by atoms with E-state index in [-0.39, 0.29) is 5.91 Å². The van der Waals surface area contributed by atoms with Gasteiger partial charge in [-0.05, 0) is 12.1 Å². The van der Waals surface area contributed by atoms with Crippen molar-refractivity contribution in [2.24, 2.45) is 0 Å². The summed E-state index contributed by atoms with van der Waals surface area (Å²) in [6.45, 7) is 0. The molecule has 0 atom stereocenters. The number of anilines is 1. The Hall–Kier alpha value is -1.75. The highest BCUT2D eigenvalue weighted by Crippen LogP contribution is 2.08. The Balaban J connectivity index is 2.10. The molecule has 0 saturated heterocycles. The third-order valence-electron chi connectivity index (χ3n) is 1.59. The summed E-state index contributed by atoms with van der Waals surface area (Å²) < 4.78 is 0. The second-order valence-corrected chi connectivity index (χ2v) is 3.40. The normalized spacial score (nSPS) is 9.71. The van der Waals surface area contributed by atoms with Crippen molar-refractivity contribution < 1.29 is 4.79 Å². The molecule has 1 aromatic carbocycles. The zero-order chi connectivity index (χ0) is 9.80. The van der Waals surface area contributed by atoms with Gasteiger partial charge in [0.25, 0.3) is 5.91 Å². The summed E-state index contributed by atoms with van der Waals surface area (Å²) in [5.74, 6) is -0.223. The van der Waals surface area contributed by atoms with Gasteiger partial charge in [-0.2, -0.15) is 0 Å². The van der Waals surface area contributed by atoms with E-state index in [1.807, 2.05) is 30.3 Å². The van der Waals surface area contributed by atoms with Crippen LogP contribution in [-0.2, 0) is 0 Å².